The Labute approximate surface area is 380 Å². The summed E-state index contributed by atoms with van der Waals surface area (Å²) in [6.07, 6.45) is -8.68. The Morgan fingerprint density at radius 1 is 0.970 bits per heavy atom. The van der Waals surface area contributed by atoms with Crippen LogP contribution in [0.3, 0.4) is 0 Å². The van der Waals surface area contributed by atoms with Crippen molar-refractivity contribution in [1.82, 2.24) is 29.9 Å². The first-order chi connectivity index (χ1) is 30.8. The molecule has 1 amide bonds. The Bertz CT molecular complexity index is 3190. The molecule has 3 heterocycles. The Hall–Kier alpha value is -5.41. The highest BCUT2D eigenvalue weighted by molar-refractivity contribution is 7.92. The van der Waals surface area contributed by atoms with Gasteiger partial charge in [-0.05, 0) is 92.7 Å². The molecular formula is C42H36ClF10N7O5S2. The first-order valence-electron chi connectivity index (χ1n) is 20.2. The second-order valence-corrected chi connectivity index (χ2v) is 22.0. The molecule has 2 N–H and O–H groups in total. The number of hydrogen-bond acceptors (Lipinski definition) is 8. The topological polar surface area (TPSA) is 158 Å². The first-order valence-corrected chi connectivity index (χ1v) is 24.3. The Balaban J connectivity index is 1.39. The van der Waals surface area contributed by atoms with Crippen molar-refractivity contribution in [2.45, 2.75) is 94.0 Å². The fraction of sp³-hybridized carbons (Fsp3) is 0.429. The molecule has 0 aliphatic heterocycles. The zero-order valence-corrected chi connectivity index (χ0v) is 37.7. The van der Waals surface area contributed by atoms with Gasteiger partial charge in [0.2, 0.25) is 15.9 Å². The van der Waals surface area contributed by atoms with Crippen LogP contribution in [0.15, 0.2) is 30.3 Å². The summed E-state index contributed by atoms with van der Waals surface area (Å²) in [5, 5.41) is 9.30. The lowest BCUT2D eigenvalue weighted by Gasteiger charge is -2.25. The molecule has 358 valence electrons. The van der Waals surface area contributed by atoms with E-state index in [0.29, 0.717) is 34.6 Å². The molecule has 3 aliphatic carbocycles. The van der Waals surface area contributed by atoms with Crippen LogP contribution in [0.5, 0.6) is 0 Å². The summed E-state index contributed by atoms with van der Waals surface area (Å²) in [5.74, 6) is -5.01. The van der Waals surface area contributed by atoms with E-state index in [1.54, 1.807) is 0 Å². The number of sulfone groups is 1. The molecule has 2 aromatic carbocycles. The number of anilines is 1. The first kappa shape index (κ1) is 48.1. The molecule has 8 rings (SSSR count). The molecular weight excluding hydrogens is 972 g/mol. The van der Waals surface area contributed by atoms with Crippen LogP contribution in [-0.2, 0) is 69.1 Å². The SMILES string of the molecule is CC(C)(C#Cc1nc([C@H](Cc2cc(F)cc(F)c2)NC(=O)Cn2nc(C(F)(F)F)c3c2C(F)(F)[C@H]2C[C@@H]32)c(-c2ccc(Cl)c3c(NS(C)(=O)=O)nn(CC(F)(F)F)c23)c2c1CCC2)S(C)(=O)=O. The summed E-state index contributed by atoms with van der Waals surface area (Å²) in [5.41, 5.74) is -3.87. The molecule has 67 heavy (non-hydrogen) atoms. The molecule has 5 aromatic rings. The van der Waals surface area contributed by atoms with Crippen LogP contribution in [-0.4, -0.2) is 70.7 Å². The van der Waals surface area contributed by atoms with Gasteiger partial charge in [-0.2, -0.15) is 45.3 Å². The van der Waals surface area contributed by atoms with Crippen molar-refractivity contribution in [1.29, 1.82) is 0 Å². The van der Waals surface area contributed by atoms with E-state index < -0.39 is 126 Å². The van der Waals surface area contributed by atoms with Crippen molar-refractivity contribution < 1.29 is 65.5 Å². The van der Waals surface area contributed by atoms with Crippen molar-refractivity contribution in [3.63, 3.8) is 0 Å². The van der Waals surface area contributed by atoms with Gasteiger partial charge in [0.1, 0.15) is 40.9 Å². The lowest BCUT2D eigenvalue weighted by atomic mass is 9.88. The van der Waals surface area contributed by atoms with Crippen molar-refractivity contribution in [3.05, 3.63) is 92.0 Å². The van der Waals surface area contributed by atoms with Gasteiger partial charge in [-0.1, -0.05) is 23.6 Å². The predicted molar refractivity (Wildman–Crippen MR) is 223 cm³/mol. The van der Waals surface area contributed by atoms with E-state index in [-0.39, 0.29) is 62.4 Å². The summed E-state index contributed by atoms with van der Waals surface area (Å²) >= 11 is 6.57. The van der Waals surface area contributed by atoms with Crippen LogP contribution in [0, 0.1) is 29.4 Å². The van der Waals surface area contributed by atoms with E-state index in [0.717, 1.165) is 18.4 Å². The number of carbonyl (C=O) groups is 1. The van der Waals surface area contributed by atoms with Gasteiger partial charge in [0.25, 0.3) is 5.92 Å². The molecule has 12 nitrogen and oxygen atoms in total. The summed E-state index contributed by atoms with van der Waals surface area (Å²) in [7, 11) is -8.08. The van der Waals surface area contributed by atoms with E-state index in [2.05, 4.69) is 32.1 Å². The number of halogens is 11. The molecule has 0 saturated heterocycles. The van der Waals surface area contributed by atoms with E-state index in [4.69, 9.17) is 16.6 Å². The minimum atomic E-state index is -5.19. The summed E-state index contributed by atoms with van der Waals surface area (Å²) in [4.78, 5) is 19.0. The molecule has 25 heteroatoms. The van der Waals surface area contributed by atoms with Crippen molar-refractivity contribution in [3.8, 4) is 23.0 Å². The Kier molecular flexibility index (Phi) is 11.6. The number of sulfonamides is 1. The van der Waals surface area contributed by atoms with E-state index in [1.165, 1.54) is 26.0 Å². The monoisotopic (exact) mass is 1010 g/mol. The van der Waals surface area contributed by atoms with Gasteiger partial charge in [-0.3, -0.25) is 18.9 Å². The second kappa shape index (κ2) is 16.1. The number of rotatable bonds is 11. The summed E-state index contributed by atoms with van der Waals surface area (Å²) in [6.45, 7) is -0.435. The number of fused-ring (bicyclic) bond motifs is 5. The lowest BCUT2D eigenvalue weighted by Crippen LogP contribution is -2.35. The minimum absolute atomic E-state index is 0.0375. The molecule has 0 bridgehead atoms. The van der Waals surface area contributed by atoms with Crippen LogP contribution < -0.4 is 10.0 Å². The molecule has 3 aromatic heterocycles. The third kappa shape index (κ3) is 9.17. The average Bonchev–Trinajstić information content (AvgIpc) is 3.38. The van der Waals surface area contributed by atoms with Gasteiger partial charge in [0.05, 0.1) is 33.9 Å². The number of aromatic nitrogens is 5. The molecule has 0 radical (unpaired) electrons. The minimum Gasteiger partial charge on any atom is -0.346 e. The van der Waals surface area contributed by atoms with Crippen LogP contribution in [0.1, 0.15) is 83.7 Å². The Morgan fingerprint density at radius 3 is 2.24 bits per heavy atom. The maximum Gasteiger partial charge on any atom is 0.435 e. The maximum atomic E-state index is 15.6. The highest BCUT2D eigenvalue weighted by Gasteiger charge is 2.68. The second-order valence-electron chi connectivity index (χ2n) is 17.3. The molecule has 3 aliphatic rings. The third-order valence-electron chi connectivity index (χ3n) is 11.9. The number of nitrogens with one attached hydrogen (secondary N) is 2. The predicted octanol–water partition coefficient (Wildman–Crippen LogP) is 8.15. The number of alkyl halides is 8. The van der Waals surface area contributed by atoms with E-state index >= 15 is 8.78 Å². The van der Waals surface area contributed by atoms with Crippen LogP contribution in [0.4, 0.5) is 49.7 Å². The number of carbonyl (C=O) groups excluding carboxylic acids is 1. The highest BCUT2D eigenvalue weighted by Crippen LogP contribution is 2.68. The van der Waals surface area contributed by atoms with Crippen LogP contribution in [0.25, 0.3) is 22.0 Å². The quantitative estimate of drug-likeness (QED) is 0.0992. The van der Waals surface area contributed by atoms with Gasteiger partial charge in [-0.25, -0.2) is 30.6 Å². The molecule has 3 atom stereocenters. The zero-order chi connectivity index (χ0) is 49.1. The van der Waals surface area contributed by atoms with Crippen LogP contribution in [0.2, 0.25) is 5.02 Å². The van der Waals surface area contributed by atoms with Crippen molar-refractivity contribution >= 4 is 54.1 Å². The van der Waals surface area contributed by atoms with Gasteiger partial charge < -0.3 is 5.32 Å². The summed E-state index contributed by atoms with van der Waals surface area (Å²) in [6, 6.07) is 3.07. The van der Waals surface area contributed by atoms with Crippen molar-refractivity contribution in [2.24, 2.45) is 5.92 Å². The lowest BCUT2D eigenvalue weighted by molar-refractivity contribution is -0.142. The number of benzene rings is 2. The number of amides is 1. The standard InChI is InChI=1S/C42H36ClF10N7O5S2/c1-39(2,66(3,62)63)11-10-28-22-6-5-7-23(22)31(24-8-9-27(43)33-35(24)60(18-40(46,47)48)57-38(33)58-67(4,64)65)34(55-28)29(14-19-12-20(44)15-21(45)13-19)54-30(61)17-59-37-32(36(56-59)42(51,52)53)25-16-26(25)41(37,49)50/h8-9,12-13,15,25-26,29H,5-7,14,16-18H2,1-4H3,(H,54,61)(H,57,58)/t25-,26+,29+/m1/s1. The van der Waals surface area contributed by atoms with Gasteiger partial charge in [0.15, 0.2) is 21.3 Å². The number of nitrogens with zero attached hydrogens (tertiary/aromatic N) is 5. The largest absolute Gasteiger partial charge is 0.435 e. The Morgan fingerprint density at radius 2 is 1.63 bits per heavy atom. The van der Waals surface area contributed by atoms with E-state index in [9.17, 15) is 56.8 Å². The zero-order valence-electron chi connectivity index (χ0n) is 35.3. The molecule has 1 fully saturated rings. The number of hydrogen-bond donors (Lipinski definition) is 2. The fourth-order valence-corrected chi connectivity index (χ4v) is 9.77. The van der Waals surface area contributed by atoms with Crippen molar-refractivity contribution in [2.75, 3.05) is 17.2 Å². The number of pyridine rings is 1. The molecule has 0 unspecified atom stereocenters. The van der Waals surface area contributed by atoms with Gasteiger partial charge in [0, 0.05) is 34.9 Å². The normalized spacial score (nSPS) is 18.3. The summed E-state index contributed by atoms with van der Waals surface area (Å²) < 4.78 is 198. The smallest absolute Gasteiger partial charge is 0.346 e. The average molecular weight is 1010 g/mol. The van der Waals surface area contributed by atoms with E-state index in [1.807, 2.05) is 0 Å². The highest BCUT2D eigenvalue weighted by atomic mass is 35.5. The maximum absolute atomic E-state index is 15.6. The third-order valence-corrected chi connectivity index (χ3v) is 14.8. The fourth-order valence-electron chi connectivity index (χ4n) is 8.80. The molecule has 0 spiro atoms. The van der Waals surface area contributed by atoms with Gasteiger partial charge in [-0.15, -0.1) is 0 Å². The van der Waals surface area contributed by atoms with Gasteiger partial charge >= 0.3 is 12.4 Å². The molecule has 1 saturated carbocycles. The van der Waals surface area contributed by atoms with Crippen LogP contribution >= 0.6 is 11.6 Å².